The van der Waals surface area contributed by atoms with Crippen LogP contribution in [0.3, 0.4) is 0 Å². The molecule has 2 nitrogen and oxygen atoms in total. The van der Waals surface area contributed by atoms with Gasteiger partial charge in [-0.25, -0.2) is 0 Å². The molecule has 0 amide bonds. The minimum Gasteiger partial charge on any atom is -0.492 e. The molecule has 2 unspecified atom stereocenters. The van der Waals surface area contributed by atoms with Gasteiger partial charge in [-0.05, 0) is 37.1 Å². The predicted molar refractivity (Wildman–Crippen MR) is 83.1 cm³/mol. The van der Waals surface area contributed by atoms with E-state index in [9.17, 15) is 0 Å². The van der Waals surface area contributed by atoms with Crippen molar-refractivity contribution in [3.05, 3.63) is 29.3 Å². The Balaban J connectivity index is 2.44. The molecule has 1 aromatic rings. The van der Waals surface area contributed by atoms with E-state index in [0.717, 1.165) is 29.7 Å². The highest BCUT2D eigenvalue weighted by Gasteiger charge is 2.12. The van der Waals surface area contributed by atoms with Crippen molar-refractivity contribution in [2.45, 2.75) is 46.1 Å². The summed E-state index contributed by atoms with van der Waals surface area (Å²) in [5.41, 5.74) is 0. The Labute approximate surface area is 122 Å². The Kier molecular flexibility index (Phi) is 7.92. The fourth-order valence-electron chi connectivity index (χ4n) is 2.35. The Morgan fingerprint density at radius 3 is 2.74 bits per heavy atom. The molecule has 3 heteroatoms. The fraction of sp³-hybridized carbons (Fsp3) is 0.625. The molecule has 108 valence electrons. The molecule has 0 heterocycles. The maximum atomic E-state index is 5.95. The van der Waals surface area contributed by atoms with Crippen LogP contribution in [0, 0.1) is 5.92 Å². The summed E-state index contributed by atoms with van der Waals surface area (Å²) in [7, 11) is 0. The van der Waals surface area contributed by atoms with Crippen molar-refractivity contribution in [1.82, 2.24) is 5.32 Å². The zero-order valence-corrected chi connectivity index (χ0v) is 13.0. The lowest BCUT2D eigenvalue weighted by atomic mass is 9.97. The second kappa shape index (κ2) is 9.22. The summed E-state index contributed by atoms with van der Waals surface area (Å²) in [6.07, 6.45) is 3.68. The van der Waals surface area contributed by atoms with Crippen molar-refractivity contribution in [2.75, 3.05) is 13.2 Å². The van der Waals surface area contributed by atoms with Crippen molar-refractivity contribution in [3.8, 4) is 5.75 Å². The van der Waals surface area contributed by atoms with Gasteiger partial charge < -0.3 is 10.1 Å². The first-order chi connectivity index (χ1) is 9.15. The first kappa shape index (κ1) is 16.3. The van der Waals surface area contributed by atoms with Crippen LogP contribution in [0.1, 0.15) is 40.0 Å². The first-order valence-corrected chi connectivity index (χ1v) is 7.65. The molecule has 0 spiro atoms. The Morgan fingerprint density at radius 2 is 2.11 bits per heavy atom. The van der Waals surface area contributed by atoms with Crippen LogP contribution in [-0.4, -0.2) is 19.2 Å². The Morgan fingerprint density at radius 1 is 1.32 bits per heavy atom. The van der Waals surface area contributed by atoms with Crippen molar-refractivity contribution in [2.24, 2.45) is 5.92 Å². The van der Waals surface area contributed by atoms with Crippen LogP contribution >= 0.6 is 11.6 Å². The van der Waals surface area contributed by atoms with Crippen LogP contribution in [0.5, 0.6) is 5.75 Å². The average molecular weight is 284 g/mol. The van der Waals surface area contributed by atoms with E-state index in [1.54, 1.807) is 0 Å². The van der Waals surface area contributed by atoms with E-state index in [4.69, 9.17) is 16.3 Å². The van der Waals surface area contributed by atoms with E-state index < -0.39 is 0 Å². The van der Waals surface area contributed by atoms with E-state index in [0.29, 0.717) is 12.6 Å². The van der Waals surface area contributed by atoms with E-state index >= 15 is 0 Å². The number of hydrogen-bond acceptors (Lipinski definition) is 2. The van der Waals surface area contributed by atoms with Gasteiger partial charge in [0.1, 0.15) is 12.4 Å². The maximum Gasteiger partial charge on any atom is 0.120 e. The quantitative estimate of drug-likeness (QED) is 0.719. The third-order valence-corrected chi connectivity index (χ3v) is 3.44. The van der Waals surface area contributed by atoms with Gasteiger partial charge in [-0.1, -0.05) is 51.3 Å². The molecule has 1 aromatic carbocycles. The molecule has 0 aromatic heterocycles. The first-order valence-electron chi connectivity index (χ1n) is 7.27. The van der Waals surface area contributed by atoms with Crippen LogP contribution in [0.2, 0.25) is 5.02 Å². The second-order valence-corrected chi connectivity index (χ2v) is 5.59. The van der Waals surface area contributed by atoms with Crippen LogP contribution < -0.4 is 10.1 Å². The number of ether oxygens (including phenoxy) is 1. The third-order valence-electron chi connectivity index (χ3n) is 3.21. The highest BCUT2D eigenvalue weighted by Crippen LogP contribution is 2.18. The normalized spacial score (nSPS) is 14.1. The zero-order valence-electron chi connectivity index (χ0n) is 12.3. The number of halogens is 1. The molecule has 0 saturated carbocycles. The largest absolute Gasteiger partial charge is 0.492 e. The molecule has 0 radical (unpaired) electrons. The summed E-state index contributed by atoms with van der Waals surface area (Å²) < 4.78 is 5.83. The summed E-state index contributed by atoms with van der Waals surface area (Å²) in [6.45, 7) is 8.36. The highest BCUT2D eigenvalue weighted by atomic mass is 35.5. The van der Waals surface area contributed by atoms with Crippen LogP contribution in [0.15, 0.2) is 24.3 Å². The summed E-state index contributed by atoms with van der Waals surface area (Å²) in [4.78, 5) is 0. The summed E-state index contributed by atoms with van der Waals surface area (Å²) in [5, 5.41) is 4.22. The van der Waals surface area contributed by atoms with Gasteiger partial charge in [0.25, 0.3) is 0 Å². The van der Waals surface area contributed by atoms with E-state index in [1.165, 1.54) is 12.8 Å². The molecule has 0 fully saturated rings. The second-order valence-electron chi connectivity index (χ2n) is 5.15. The van der Waals surface area contributed by atoms with Gasteiger partial charge in [-0.2, -0.15) is 0 Å². The highest BCUT2D eigenvalue weighted by molar-refractivity contribution is 6.30. The third kappa shape index (κ3) is 6.84. The number of likely N-dealkylation sites (N-methyl/N-ethyl adjacent to an activating group) is 1. The molecule has 19 heavy (non-hydrogen) atoms. The molecule has 1 N–H and O–H groups in total. The summed E-state index contributed by atoms with van der Waals surface area (Å²) in [5.74, 6) is 1.58. The number of rotatable bonds is 9. The summed E-state index contributed by atoms with van der Waals surface area (Å²) >= 11 is 5.95. The molecular weight excluding hydrogens is 258 g/mol. The minimum absolute atomic E-state index is 0.408. The number of nitrogens with one attached hydrogen (secondary N) is 1. The molecule has 0 saturated heterocycles. The topological polar surface area (TPSA) is 21.3 Å². The monoisotopic (exact) mass is 283 g/mol. The van der Waals surface area contributed by atoms with Crippen LogP contribution in [-0.2, 0) is 0 Å². The fourth-order valence-corrected chi connectivity index (χ4v) is 2.53. The zero-order chi connectivity index (χ0) is 14.1. The van der Waals surface area contributed by atoms with Crippen molar-refractivity contribution >= 4 is 11.6 Å². The van der Waals surface area contributed by atoms with Crippen molar-refractivity contribution in [3.63, 3.8) is 0 Å². The van der Waals surface area contributed by atoms with Crippen LogP contribution in [0.4, 0.5) is 0 Å². The molecule has 1 rings (SSSR count). The van der Waals surface area contributed by atoms with Gasteiger partial charge >= 0.3 is 0 Å². The maximum absolute atomic E-state index is 5.95. The number of benzene rings is 1. The van der Waals surface area contributed by atoms with Crippen LogP contribution in [0.25, 0.3) is 0 Å². The molecule has 0 aliphatic carbocycles. The molecule has 0 bridgehead atoms. The van der Waals surface area contributed by atoms with Gasteiger partial charge in [0.15, 0.2) is 0 Å². The van der Waals surface area contributed by atoms with E-state index in [1.807, 2.05) is 24.3 Å². The van der Waals surface area contributed by atoms with Gasteiger partial charge in [0.2, 0.25) is 0 Å². The lowest BCUT2D eigenvalue weighted by Crippen LogP contribution is -2.36. The average Bonchev–Trinajstić information content (AvgIpc) is 2.36. The lowest BCUT2D eigenvalue weighted by Gasteiger charge is -2.22. The predicted octanol–water partition coefficient (Wildman–Crippen LogP) is 4.52. The standard InChI is InChI=1S/C16H26ClNO/c1-4-7-13(3)10-15(18-5-2)12-19-16-9-6-8-14(17)11-16/h6,8-9,11,13,15,18H,4-5,7,10,12H2,1-3H3. The van der Waals surface area contributed by atoms with E-state index in [2.05, 4.69) is 26.1 Å². The summed E-state index contributed by atoms with van der Waals surface area (Å²) in [6, 6.07) is 7.99. The van der Waals surface area contributed by atoms with E-state index in [-0.39, 0.29) is 0 Å². The lowest BCUT2D eigenvalue weighted by molar-refractivity contribution is 0.240. The van der Waals surface area contributed by atoms with Gasteiger partial charge in [0.05, 0.1) is 0 Å². The SMILES string of the molecule is CCCC(C)CC(COc1cccc(Cl)c1)NCC. The number of hydrogen-bond donors (Lipinski definition) is 1. The van der Waals surface area contributed by atoms with Gasteiger partial charge in [-0.15, -0.1) is 0 Å². The smallest absolute Gasteiger partial charge is 0.120 e. The Hall–Kier alpha value is -0.730. The van der Waals surface area contributed by atoms with Gasteiger partial charge in [-0.3, -0.25) is 0 Å². The minimum atomic E-state index is 0.408. The molecule has 0 aliphatic heterocycles. The van der Waals surface area contributed by atoms with Gasteiger partial charge in [0, 0.05) is 11.1 Å². The molecule has 2 atom stereocenters. The van der Waals surface area contributed by atoms with Crippen molar-refractivity contribution in [1.29, 1.82) is 0 Å². The molecular formula is C16H26ClNO. The molecule has 0 aliphatic rings. The Bertz CT molecular complexity index is 356. The van der Waals surface area contributed by atoms with Crippen molar-refractivity contribution < 1.29 is 4.74 Å².